The average molecular weight is 469 g/mol. The maximum atomic E-state index is 12.8. The molecule has 1 heterocycles. The Kier molecular flexibility index (Phi) is 6.71. The topological polar surface area (TPSA) is 84.9 Å². The number of benzene rings is 2. The molecule has 2 aromatic rings. The van der Waals surface area contributed by atoms with E-state index in [4.69, 9.17) is 9.47 Å². The third kappa shape index (κ3) is 5.11. The number of amides is 1. The zero-order valence-corrected chi connectivity index (χ0v) is 17.7. The van der Waals surface area contributed by atoms with Crippen molar-refractivity contribution in [1.29, 1.82) is 0 Å². The quantitative estimate of drug-likeness (QED) is 0.704. The second-order valence-corrected chi connectivity index (χ2v) is 9.10. The molecule has 9 heteroatoms. The van der Waals surface area contributed by atoms with E-state index in [0.29, 0.717) is 37.7 Å². The van der Waals surface area contributed by atoms with Gasteiger partial charge in [0.15, 0.2) is 6.10 Å². The van der Waals surface area contributed by atoms with E-state index < -0.39 is 16.1 Å². The summed E-state index contributed by atoms with van der Waals surface area (Å²) in [5.41, 5.74) is 0.393. The van der Waals surface area contributed by atoms with Crippen LogP contribution in [0.5, 0.6) is 5.75 Å². The highest BCUT2D eigenvalue weighted by Gasteiger charge is 2.26. The predicted octanol–water partition coefficient (Wildman–Crippen LogP) is 2.88. The van der Waals surface area contributed by atoms with Crippen molar-refractivity contribution in [3.8, 4) is 5.75 Å². The number of hydrogen-bond donors (Lipinski definition) is 1. The first-order valence-electron chi connectivity index (χ1n) is 8.77. The van der Waals surface area contributed by atoms with Gasteiger partial charge >= 0.3 is 0 Å². The third-order valence-corrected chi connectivity index (χ3v) is 6.58. The lowest BCUT2D eigenvalue weighted by molar-refractivity contribution is -0.122. The zero-order valence-electron chi connectivity index (χ0n) is 15.3. The summed E-state index contributed by atoms with van der Waals surface area (Å²) in [6.07, 6.45) is -0.756. The van der Waals surface area contributed by atoms with E-state index in [0.717, 1.165) is 4.47 Å². The van der Waals surface area contributed by atoms with Crippen molar-refractivity contribution in [3.05, 3.63) is 53.0 Å². The van der Waals surface area contributed by atoms with Crippen molar-refractivity contribution < 1.29 is 22.7 Å². The van der Waals surface area contributed by atoms with E-state index in [-0.39, 0.29) is 10.8 Å². The molecule has 28 heavy (non-hydrogen) atoms. The van der Waals surface area contributed by atoms with Crippen LogP contribution in [0.15, 0.2) is 57.9 Å². The highest BCUT2D eigenvalue weighted by atomic mass is 79.9. The van der Waals surface area contributed by atoms with Crippen LogP contribution in [0.4, 0.5) is 5.69 Å². The van der Waals surface area contributed by atoms with Crippen LogP contribution in [0, 0.1) is 0 Å². The number of ether oxygens (including phenoxy) is 2. The lowest BCUT2D eigenvalue weighted by Crippen LogP contribution is -2.40. The summed E-state index contributed by atoms with van der Waals surface area (Å²) < 4.78 is 38.6. The molecule has 3 rings (SSSR count). The van der Waals surface area contributed by atoms with Gasteiger partial charge in [0.2, 0.25) is 10.0 Å². The standard InChI is InChI=1S/C19H21BrN2O5S/c1-14(27-17-6-2-4-15(20)12-17)19(23)21-16-5-3-7-18(13-16)28(24,25)22-8-10-26-11-9-22/h2-7,12-14H,8-11H2,1H3,(H,21,23)/t14-/m1/s1. The molecule has 1 amide bonds. The maximum absolute atomic E-state index is 12.8. The van der Waals surface area contributed by atoms with Crippen molar-refractivity contribution in [2.75, 3.05) is 31.6 Å². The van der Waals surface area contributed by atoms with Crippen molar-refractivity contribution in [2.45, 2.75) is 17.9 Å². The van der Waals surface area contributed by atoms with Crippen LogP contribution in [-0.4, -0.2) is 51.0 Å². The summed E-state index contributed by atoms with van der Waals surface area (Å²) in [6, 6.07) is 13.4. The van der Waals surface area contributed by atoms with Crippen LogP contribution in [0.25, 0.3) is 0 Å². The molecule has 2 aromatic carbocycles. The SMILES string of the molecule is C[C@@H](Oc1cccc(Br)c1)C(=O)Nc1cccc(S(=O)(=O)N2CCOCC2)c1. The van der Waals surface area contributed by atoms with Gasteiger partial charge in [-0.05, 0) is 43.3 Å². The summed E-state index contributed by atoms with van der Waals surface area (Å²) in [5, 5.41) is 2.71. The molecular weight excluding hydrogens is 448 g/mol. The number of carbonyl (C=O) groups excluding carboxylic acids is 1. The Morgan fingerprint density at radius 1 is 1.18 bits per heavy atom. The number of rotatable bonds is 6. The number of anilines is 1. The van der Waals surface area contributed by atoms with Crippen LogP contribution in [0.2, 0.25) is 0 Å². The number of nitrogens with zero attached hydrogens (tertiary/aromatic N) is 1. The van der Waals surface area contributed by atoms with E-state index in [1.165, 1.54) is 16.4 Å². The molecule has 1 N–H and O–H groups in total. The monoisotopic (exact) mass is 468 g/mol. The van der Waals surface area contributed by atoms with Gasteiger partial charge in [-0.15, -0.1) is 0 Å². The van der Waals surface area contributed by atoms with Crippen LogP contribution in [0.1, 0.15) is 6.92 Å². The Morgan fingerprint density at radius 2 is 1.89 bits per heavy atom. The van der Waals surface area contributed by atoms with Gasteiger partial charge in [0.05, 0.1) is 18.1 Å². The van der Waals surface area contributed by atoms with Gasteiger partial charge < -0.3 is 14.8 Å². The first-order valence-corrected chi connectivity index (χ1v) is 11.0. The summed E-state index contributed by atoms with van der Waals surface area (Å²) in [5.74, 6) is 0.182. The molecule has 1 aliphatic heterocycles. The van der Waals surface area contributed by atoms with Gasteiger partial charge in [0, 0.05) is 23.2 Å². The molecule has 0 bridgehead atoms. The van der Waals surface area contributed by atoms with Gasteiger partial charge in [-0.2, -0.15) is 4.31 Å². The lowest BCUT2D eigenvalue weighted by atomic mass is 10.3. The number of sulfonamides is 1. The first kappa shape index (κ1) is 20.8. The first-order chi connectivity index (χ1) is 13.4. The zero-order chi connectivity index (χ0) is 20.1. The van der Waals surface area contributed by atoms with E-state index in [1.54, 1.807) is 31.2 Å². The second-order valence-electron chi connectivity index (χ2n) is 6.25. The van der Waals surface area contributed by atoms with E-state index >= 15 is 0 Å². The number of halogens is 1. The van der Waals surface area contributed by atoms with E-state index in [1.807, 2.05) is 12.1 Å². The van der Waals surface area contributed by atoms with Gasteiger partial charge in [-0.3, -0.25) is 4.79 Å². The molecule has 1 saturated heterocycles. The van der Waals surface area contributed by atoms with Gasteiger partial charge in [0.25, 0.3) is 5.91 Å². The fraction of sp³-hybridized carbons (Fsp3) is 0.316. The number of nitrogens with one attached hydrogen (secondary N) is 1. The van der Waals surface area contributed by atoms with Crippen molar-refractivity contribution in [2.24, 2.45) is 0 Å². The Labute approximate surface area is 172 Å². The van der Waals surface area contributed by atoms with Gasteiger partial charge in [-0.25, -0.2) is 8.42 Å². The molecule has 7 nitrogen and oxygen atoms in total. The molecule has 1 aliphatic rings. The second kappa shape index (κ2) is 9.04. The van der Waals surface area contributed by atoms with E-state index in [9.17, 15) is 13.2 Å². The van der Waals surface area contributed by atoms with Crippen molar-refractivity contribution >= 4 is 37.5 Å². The normalized spacial score (nSPS) is 16.4. The minimum atomic E-state index is -3.63. The molecule has 0 aromatic heterocycles. The fourth-order valence-electron chi connectivity index (χ4n) is 2.71. The number of hydrogen-bond acceptors (Lipinski definition) is 5. The van der Waals surface area contributed by atoms with Gasteiger partial charge in [-0.1, -0.05) is 28.1 Å². The minimum Gasteiger partial charge on any atom is -0.481 e. The molecular formula is C19H21BrN2O5S. The molecule has 0 radical (unpaired) electrons. The highest BCUT2D eigenvalue weighted by molar-refractivity contribution is 9.10. The molecule has 0 unspecified atom stereocenters. The minimum absolute atomic E-state index is 0.132. The predicted molar refractivity (Wildman–Crippen MR) is 109 cm³/mol. The smallest absolute Gasteiger partial charge is 0.265 e. The van der Waals surface area contributed by atoms with Crippen molar-refractivity contribution in [1.82, 2.24) is 4.31 Å². The summed E-state index contributed by atoms with van der Waals surface area (Å²) >= 11 is 3.35. The Bertz CT molecular complexity index is 945. The maximum Gasteiger partial charge on any atom is 0.265 e. The Hall–Kier alpha value is -1.94. The lowest BCUT2D eigenvalue weighted by Gasteiger charge is -2.26. The largest absolute Gasteiger partial charge is 0.481 e. The van der Waals surface area contributed by atoms with Gasteiger partial charge in [0.1, 0.15) is 5.75 Å². The van der Waals surface area contributed by atoms with E-state index in [2.05, 4.69) is 21.2 Å². The fourth-order valence-corrected chi connectivity index (χ4v) is 4.54. The molecule has 150 valence electrons. The molecule has 0 aliphatic carbocycles. The molecule has 1 atom stereocenters. The molecule has 1 fully saturated rings. The van der Waals surface area contributed by atoms with Crippen LogP contribution in [0.3, 0.4) is 0 Å². The Balaban J connectivity index is 1.69. The number of morpholine rings is 1. The number of carbonyl (C=O) groups is 1. The Morgan fingerprint density at radius 3 is 2.61 bits per heavy atom. The average Bonchev–Trinajstić information content (AvgIpc) is 2.69. The summed E-state index contributed by atoms with van der Waals surface area (Å²) in [4.78, 5) is 12.6. The highest BCUT2D eigenvalue weighted by Crippen LogP contribution is 2.22. The summed E-state index contributed by atoms with van der Waals surface area (Å²) in [6.45, 7) is 3.01. The van der Waals surface area contributed by atoms with Crippen LogP contribution in [-0.2, 0) is 19.6 Å². The van der Waals surface area contributed by atoms with Crippen LogP contribution >= 0.6 is 15.9 Å². The summed E-state index contributed by atoms with van der Waals surface area (Å²) in [7, 11) is -3.63. The molecule has 0 spiro atoms. The van der Waals surface area contributed by atoms with Crippen molar-refractivity contribution in [3.63, 3.8) is 0 Å². The van der Waals surface area contributed by atoms with Crippen LogP contribution < -0.4 is 10.1 Å². The third-order valence-electron chi connectivity index (χ3n) is 4.19. The molecule has 0 saturated carbocycles.